The van der Waals surface area contributed by atoms with E-state index in [4.69, 9.17) is 7.57 Å². The van der Waals surface area contributed by atoms with Gasteiger partial charge in [0.25, 0.3) is 0 Å². The SMILES string of the molecule is [B-]P(c1ccc(F)cc1)c1ccc(F)cc1. The zero-order chi connectivity index (χ0) is 11.5. The predicted molar refractivity (Wildman–Crippen MR) is 64.7 cm³/mol. The van der Waals surface area contributed by atoms with Crippen molar-refractivity contribution in [2.24, 2.45) is 0 Å². The number of benzene rings is 2. The van der Waals surface area contributed by atoms with Crippen LogP contribution in [0.3, 0.4) is 0 Å². The molecule has 16 heavy (non-hydrogen) atoms. The van der Waals surface area contributed by atoms with E-state index in [9.17, 15) is 8.78 Å². The molecule has 0 N–H and O–H groups in total. The normalized spacial score (nSPS) is 10.8. The molecule has 2 aromatic carbocycles. The summed E-state index contributed by atoms with van der Waals surface area (Å²) in [4.78, 5) is 0. The Balaban J connectivity index is 2.28. The maximum atomic E-state index is 12.7. The molecular formula is C12H8BF2P-. The van der Waals surface area contributed by atoms with Crippen LogP contribution in [-0.2, 0) is 0 Å². The molecule has 3 radical (unpaired) electrons. The molecule has 0 heterocycles. The second kappa shape index (κ2) is 4.75. The molecular weight excluding hydrogens is 224 g/mol. The van der Waals surface area contributed by atoms with Crippen LogP contribution in [0.1, 0.15) is 0 Å². The van der Waals surface area contributed by atoms with Crippen molar-refractivity contribution >= 4 is 26.0 Å². The van der Waals surface area contributed by atoms with Gasteiger partial charge in [0.05, 0.1) is 0 Å². The van der Waals surface area contributed by atoms with Crippen LogP contribution in [0.4, 0.5) is 8.78 Å². The van der Waals surface area contributed by atoms with Crippen molar-refractivity contribution in [3.05, 3.63) is 60.2 Å². The quantitative estimate of drug-likeness (QED) is 0.551. The van der Waals surface area contributed by atoms with Gasteiger partial charge in [-0.25, -0.2) is 8.78 Å². The molecule has 0 aliphatic heterocycles. The summed E-state index contributed by atoms with van der Waals surface area (Å²) in [7, 11) is 5.01. The van der Waals surface area contributed by atoms with Crippen LogP contribution in [-0.4, -0.2) is 7.57 Å². The Labute approximate surface area is 95.4 Å². The lowest BCUT2D eigenvalue weighted by Gasteiger charge is -2.27. The van der Waals surface area contributed by atoms with Gasteiger partial charge < -0.3 is 15.4 Å². The summed E-state index contributed by atoms with van der Waals surface area (Å²) in [5.74, 6) is -0.572. The highest BCUT2D eigenvalue weighted by Gasteiger charge is 1.98. The molecule has 0 saturated heterocycles. The third-order valence-electron chi connectivity index (χ3n) is 2.21. The molecule has 0 fully saturated rings. The molecule has 0 amide bonds. The topological polar surface area (TPSA) is 0 Å². The number of hydrogen-bond donors (Lipinski definition) is 0. The lowest BCUT2D eigenvalue weighted by molar-refractivity contribution is 0.628. The Morgan fingerprint density at radius 2 is 1.00 bits per heavy atom. The molecule has 0 saturated carbocycles. The monoisotopic (exact) mass is 232 g/mol. The second-order valence-corrected chi connectivity index (χ2v) is 5.10. The highest BCUT2D eigenvalue weighted by molar-refractivity contribution is 7.94. The maximum absolute atomic E-state index is 12.7. The first-order valence-corrected chi connectivity index (χ1v) is 6.14. The minimum Gasteiger partial charge on any atom is -0.567 e. The van der Waals surface area contributed by atoms with Crippen LogP contribution in [0.25, 0.3) is 0 Å². The summed E-state index contributed by atoms with van der Waals surface area (Å²) in [5, 5.41) is 1.73. The zero-order valence-corrected chi connectivity index (χ0v) is 9.29. The average molecular weight is 232 g/mol. The summed E-state index contributed by atoms with van der Waals surface area (Å²) in [5.41, 5.74) is 0. The Morgan fingerprint density at radius 3 is 1.31 bits per heavy atom. The number of rotatable bonds is 2. The molecule has 0 spiro atoms. The van der Waals surface area contributed by atoms with Gasteiger partial charge in [-0.3, -0.25) is 0 Å². The van der Waals surface area contributed by atoms with E-state index in [1.807, 2.05) is 0 Å². The van der Waals surface area contributed by atoms with Crippen molar-refractivity contribution in [3.63, 3.8) is 0 Å². The van der Waals surface area contributed by atoms with Crippen molar-refractivity contribution in [3.8, 4) is 0 Å². The molecule has 0 aliphatic rings. The van der Waals surface area contributed by atoms with E-state index < -0.39 is 7.80 Å². The minimum atomic E-state index is -1.03. The molecule has 0 aliphatic carbocycles. The first kappa shape index (κ1) is 11.3. The van der Waals surface area contributed by atoms with Gasteiger partial charge >= 0.3 is 0 Å². The summed E-state index contributed by atoms with van der Waals surface area (Å²) >= 11 is 0. The summed E-state index contributed by atoms with van der Waals surface area (Å²) in [6.07, 6.45) is 0. The van der Waals surface area contributed by atoms with Crippen molar-refractivity contribution in [2.75, 3.05) is 0 Å². The fourth-order valence-electron chi connectivity index (χ4n) is 1.35. The molecule has 2 rings (SSSR count). The van der Waals surface area contributed by atoms with Crippen LogP contribution in [0.15, 0.2) is 48.5 Å². The Hall–Kier alpha value is -1.21. The number of hydrogen-bond acceptors (Lipinski definition) is 0. The van der Waals surface area contributed by atoms with Gasteiger partial charge in [0.2, 0.25) is 0 Å². The Morgan fingerprint density at radius 1 is 0.688 bits per heavy atom. The summed E-state index contributed by atoms with van der Waals surface area (Å²) < 4.78 is 25.4. The summed E-state index contributed by atoms with van der Waals surface area (Å²) in [6, 6.07) is 12.1. The Kier molecular flexibility index (Phi) is 3.35. The largest absolute Gasteiger partial charge is 0.567 e. The van der Waals surface area contributed by atoms with E-state index in [1.165, 1.54) is 24.3 Å². The molecule has 79 valence electrons. The molecule has 2 aromatic rings. The van der Waals surface area contributed by atoms with Gasteiger partial charge in [-0.1, -0.05) is 34.9 Å². The zero-order valence-electron chi connectivity index (χ0n) is 8.40. The molecule has 0 atom stereocenters. The van der Waals surface area contributed by atoms with Gasteiger partial charge in [-0.05, 0) is 24.3 Å². The standard InChI is InChI=1S/C12H8BF2P/c13-16(11-5-1-9(14)2-6-11)12-7-3-10(15)4-8-12/h1-8H/q-1. The predicted octanol–water partition coefficient (Wildman–Crippen LogP) is 2.48. The molecule has 4 heteroatoms. The first-order chi connectivity index (χ1) is 7.66. The third-order valence-corrected chi connectivity index (χ3v) is 3.92. The lowest BCUT2D eigenvalue weighted by Crippen LogP contribution is -2.11. The van der Waals surface area contributed by atoms with Crippen LogP contribution in [0, 0.1) is 11.6 Å². The number of halogens is 2. The van der Waals surface area contributed by atoms with E-state index >= 15 is 0 Å². The summed E-state index contributed by atoms with van der Waals surface area (Å²) in [6.45, 7) is 0. The van der Waals surface area contributed by atoms with E-state index in [-0.39, 0.29) is 11.6 Å². The highest BCUT2D eigenvalue weighted by atomic mass is 31.1. The average Bonchev–Trinajstić information content (AvgIpc) is 2.30. The van der Waals surface area contributed by atoms with Gasteiger partial charge in [0.1, 0.15) is 11.6 Å². The van der Waals surface area contributed by atoms with E-state index in [0.717, 1.165) is 10.6 Å². The van der Waals surface area contributed by atoms with Crippen LogP contribution >= 0.6 is 7.80 Å². The first-order valence-electron chi connectivity index (χ1n) is 4.73. The van der Waals surface area contributed by atoms with Gasteiger partial charge in [0.15, 0.2) is 0 Å². The maximum Gasteiger partial charge on any atom is 0.123 e. The van der Waals surface area contributed by atoms with Crippen molar-refractivity contribution < 1.29 is 8.78 Å². The van der Waals surface area contributed by atoms with Crippen LogP contribution < -0.4 is 10.6 Å². The van der Waals surface area contributed by atoms with Gasteiger partial charge in [-0.2, -0.15) is 0 Å². The smallest absolute Gasteiger partial charge is 0.123 e. The fourth-order valence-corrected chi connectivity index (χ4v) is 2.59. The second-order valence-electron chi connectivity index (χ2n) is 3.32. The highest BCUT2D eigenvalue weighted by Crippen LogP contribution is 2.26. The van der Waals surface area contributed by atoms with Crippen molar-refractivity contribution in [1.29, 1.82) is 0 Å². The van der Waals surface area contributed by atoms with Crippen molar-refractivity contribution in [2.45, 2.75) is 0 Å². The Bertz CT molecular complexity index is 422. The van der Waals surface area contributed by atoms with Crippen LogP contribution in [0.2, 0.25) is 0 Å². The fraction of sp³-hybridized carbons (Fsp3) is 0. The van der Waals surface area contributed by atoms with Gasteiger partial charge in [0, 0.05) is 0 Å². The van der Waals surface area contributed by atoms with E-state index in [2.05, 4.69) is 0 Å². The minimum absolute atomic E-state index is 0.286. The van der Waals surface area contributed by atoms with E-state index in [0.29, 0.717) is 0 Å². The van der Waals surface area contributed by atoms with Gasteiger partial charge in [-0.15, -0.1) is 0 Å². The lowest BCUT2D eigenvalue weighted by atomic mass is 10.3. The molecule has 0 nitrogen and oxygen atoms in total. The van der Waals surface area contributed by atoms with Crippen LogP contribution in [0.5, 0.6) is 0 Å². The third kappa shape index (κ3) is 2.48. The molecule has 0 bridgehead atoms. The van der Waals surface area contributed by atoms with Crippen molar-refractivity contribution in [1.82, 2.24) is 0 Å². The molecule has 0 aromatic heterocycles. The van der Waals surface area contributed by atoms with E-state index in [1.54, 1.807) is 24.3 Å². The molecule has 0 unspecified atom stereocenters.